The highest BCUT2D eigenvalue weighted by atomic mass is 32.1. The maximum atomic E-state index is 12.6. The Morgan fingerprint density at radius 2 is 1.84 bits per heavy atom. The maximum Gasteiger partial charge on any atom is 0.311 e. The SMILES string of the molecule is CCN(C(=O)COC(=O)Cc1cccs1)c1cccc2ccccc12. The van der Waals surface area contributed by atoms with Gasteiger partial charge in [-0.2, -0.15) is 0 Å². The van der Waals surface area contributed by atoms with Crippen LogP contribution in [0.2, 0.25) is 0 Å². The molecule has 0 aliphatic carbocycles. The Morgan fingerprint density at radius 1 is 1.04 bits per heavy atom. The average molecular weight is 353 g/mol. The second-order valence-electron chi connectivity index (χ2n) is 5.55. The lowest BCUT2D eigenvalue weighted by Crippen LogP contribution is -2.34. The summed E-state index contributed by atoms with van der Waals surface area (Å²) in [5, 5.41) is 3.98. The largest absolute Gasteiger partial charge is 0.455 e. The van der Waals surface area contributed by atoms with Crippen LogP contribution in [-0.4, -0.2) is 25.0 Å². The Hall–Kier alpha value is -2.66. The number of rotatable bonds is 6. The summed E-state index contributed by atoms with van der Waals surface area (Å²) < 4.78 is 5.17. The second-order valence-corrected chi connectivity index (χ2v) is 6.59. The zero-order valence-electron chi connectivity index (χ0n) is 14.0. The number of carbonyl (C=O) groups is 2. The first-order chi connectivity index (χ1) is 12.2. The van der Waals surface area contributed by atoms with Crippen molar-refractivity contribution in [1.82, 2.24) is 0 Å². The molecule has 0 saturated carbocycles. The van der Waals surface area contributed by atoms with Gasteiger partial charge in [0.15, 0.2) is 6.61 Å². The van der Waals surface area contributed by atoms with Crippen molar-refractivity contribution in [2.45, 2.75) is 13.3 Å². The molecule has 0 bridgehead atoms. The maximum absolute atomic E-state index is 12.6. The van der Waals surface area contributed by atoms with Crippen LogP contribution >= 0.6 is 11.3 Å². The van der Waals surface area contributed by atoms with Crippen molar-refractivity contribution in [3.63, 3.8) is 0 Å². The van der Waals surface area contributed by atoms with Crippen LogP contribution in [0.25, 0.3) is 10.8 Å². The van der Waals surface area contributed by atoms with Gasteiger partial charge in [-0.15, -0.1) is 11.3 Å². The third-order valence-electron chi connectivity index (χ3n) is 3.93. The number of thiophene rings is 1. The number of hydrogen-bond acceptors (Lipinski definition) is 4. The van der Waals surface area contributed by atoms with E-state index in [0.29, 0.717) is 6.54 Å². The summed E-state index contributed by atoms with van der Waals surface area (Å²) in [6.07, 6.45) is 0.200. The molecule has 0 fully saturated rings. The van der Waals surface area contributed by atoms with E-state index in [-0.39, 0.29) is 24.9 Å². The van der Waals surface area contributed by atoms with Gasteiger partial charge in [0, 0.05) is 16.8 Å². The molecule has 0 N–H and O–H groups in total. The number of amides is 1. The number of carbonyl (C=O) groups excluding carboxylic acids is 2. The number of anilines is 1. The standard InChI is InChI=1S/C20H19NO3S/c1-2-21(18-11-5-8-15-7-3-4-10-17(15)18)19(22)14-24-20(23)13-16-9-6-12-25-16/h3-12H,2,13-14H2,1H3. The van der Waals surface area contributed by atoms with E-state index in [1.165, 1.54) is 11.3 Å². The van der Waals surface area contributed by atoms with Gasteiger partial charge in [-0.05, 0) is 29.8 Å². The minimum Gasteiger partial charge on any atom is -0.455 e. The first-order valence-corrected chi connectivity index (χ1v) is 9.03. The number of nitrogens with zero attached hydrogens (tertiary/aromatic N) is 1. The van der Waals surface area contributed by atoms with Gasteiger partial charge in [0.05, 0.1) is 12.1 Å². The van der Waals surface area contributed by atoms with Crippen LogP contribution in [0.3, 0.4) is 0 Å². The summed E-state index contributed by atoms with van der Waals surface area (Å²) in [5.41, 5.74) is 0.833. The number of esters is 1. The van der Waals surface area contributed by atoms with Crippen molar-refractivity contribution < 1.29 is 14.3 Å². The van der Waals surface area contributed by atoms with E-state index in [9.17, 15) is 9.59 Å². The highest BCUT2D eigenvalue weighted by Gasteiger charge is 2.18. The Labute approximate surface area is 150 Å². The van der Waals surface area contributed by atoms with Crippen LogP contribution in [-0.2, 0) is 20.7 Å². The van der Waals surface area contributed by atoms with E-state index in [1.807, 2.05) is 66.9 Å². The Balaban J connectivity index is 1.69. The lowest BCUT2D eigenvalue weighted by Gasteiger charge is -2.22. The first-order valence-electron chi connectivity index (χ1n) is 8.15. The van der Waals surface area contributed by atoms with E-state index >= 15 is 0 Å². The molecule has 4 nitrogen and oxygen atoms in total. The summed E-state index contributed by atoms with van der Waals surface area (Å²) >= 11 is 1.50. The molecule has 0 unspecified atom stereocenters. The van der Waals surface area contributed by atoms with Crippen LogP contribution in [0.15, 0.2) is 60.0 Å². The van der Waals surface area contributed by atoms with Crippen molar-refractivity contribution in [3.8, 4) is 0 Å². The number of likely N-dealkylation sites (N-methyl/N-ethyl adjacent to an activating group) is 1. The normalized spacial score (nSPS) is 10.6. The molecule has 128 valence electrons. The molecular weight excluding hydrogens is 334 g/mol. The third-order valence-corrected chi connectivity index (χ3v) is 4.81. The fourth-order valence-electron chi connectivity index (χ4n) is 2.75. The van der Waals surface area contributed by atoms with E-state index in [2.05, 4.69) is 0 Å². The summed E-state index contributed by atoms with van der Waals surface area (Å²) in [6.45, 7) is 2.17. The first kappa shape index (κ1) is 17.2. The lowest BCUT2D eigenvalue weighted by molar-refractivity contribution is -0.147. The number of fused-ring (bicyclic) bond motifs is 1. The van der Waals surface area contributed by atoms with Crippen LogP contribution in [0, 0.1) is 0 Å². The molecule has 1 amide bonds. The summed E-state index contributed by atoms with van der Waals surface area (Å²) in [7, 11) is 0. The topological polar surface area (TPSA) is 46.6 Å². The molecule has 3 rings (SSSR count). The Bertz CT molecular complexity index is 868. The molecule has 0 radical (unpaired) electrons. The minimum absolute atomic E-state index is 0.200. The molecule has 0 saturated heterocycles. The van der Waals surface area contributed by atoms with Crippen molar-refractivity contribution >= 4 is 39.7 Å². The van der Waals surface area contributed by atoms with Gasteiger partial charge in [-0.3, -0.25) is 9.59 Å². The predicted octanol–water partition coefficient (Wildman–Crippen LogP) is 4.04. The van der Waals surface area contributed by atoms with E-state index in [0.717, 1.165) is 21.3 Å². The van der Waals surface area contributed by atoms with Crippen LogP contribution in [0.4, 0.5) is 5.69 Å². The van der Waals surface area contributed by atoms with Crippen LogP contribution in [0.5, 0.6) is 0 Å². The number of ether oxygens (including phenoxy) is 1. The average Bonchev–Trinajstić information content (AvgIpc) is 3.14. The Kier molecular flexibility index (Phi) is 5.46. The Morgan fingerprint density at radius 3 is 2.60 bits per heavy atom. The fourth-order valence-corrected chi connectivity index (χ4v) is 3.44. The van der Waals surface area contributed by atoms with Crippen molar-refractivity contribution in [2.24, 2.45) is 0 Å². The van der Waals surface area contributed by atoms with Crippen molar-refractivity contribution in [3.05, 3.63) is 64.9 Å². The van der Waals surface area contributed by atoms with Crippen LogP contribution in [0.1, 0.15) is 11.8 Å². The molecule has 25 heavy (non-hydrogen) atoms. The third kappa shape index (κ3) is 4.06. The zero-order valence-corrected chi connectivity index (χ0v) is 14.8. The van der Waals surface area contributed by atoms with Gasteiger partial charge in [-0.1, -0.05) is 42.5 Å². The van der Waals surface area contributed by atoms with E-state index in [1.54, 1.807) is 4.90 Å². The monoisotopic (exact) mass is 353 g/mol. The van der Waals surface area contributed by atoms with Crippen LogP contribution < -0.4 is 4.90 Å². The number of hydrogen-bond donors (Lipinski definition) is 0. The van der Waals surface area contributed by atoms with Gasteiger partial charge in [-0.25, -0.2) is 0 Å². The molecule has 1 heterocycles. The zero-order chi connectivity index (χ0) is 17.6. The van der Waals surface area contributed by atoms with Gasteiger partial charge in [0.25, 0.3) is 5.91 Å². The fraction of sp³-hybridized carbons (Fsp3) is 0.200. The van der Waals surface area contributed by atoms with Crippen molar-refractivity contribution in [1.29, 1.82) is 0 Å². The van der Waals surface area contributed by atoms with Gasteiger partial charge in [0.1, 0.15) is 0 Å². The molecule has 5 heteroatoms. The second kappa shape index (κ2) is 7.94. The van der Waals surface area contributed by atoms with E-state index in [4.69, 9.17) is 4.74 Å². The quantitative estimate of drug-likeness (QED) is 0.628. The highest BCUT2D eigenvalue weighted by Crippen LogP contribution is 2.26. The molecule has 0 aliphatic rings. The van der Waals surface area contributed by atoms with Gasteiger partial charge >= 0.3 is 5.97 Å². The minimum atomic E-state index is -0.384. The van der Waals surface area contributed by atoms with Gasteiger partial charge < -0.3 is 9.64 Å². The van der Waals surface area contributed by atoms with Gasteiger partial charge in [0.2, 0.25) is 0 Å². The summed E-state index contributed by atoms with van der Waals surface area (Å²) in [4.78, 5) is 27.0. The van der Waals surface area contributed by atoms with E-state index < -0.39 is 0 Å². The molecule has 0 spiro atoms. The summed E-state index contributed by atoms with van der Waals surface area (Å²) in [5.74, 6) is -0.608. The lowest BCUT2D eigenvalue weighted by atomic mass is 10.1. The molecular formula is C20H19NO3S. The number of benzene rings is 2. The highest BCUT2D eigenvalue weighted by molar-refractivity contribution is 7.10. The smallest absolute Gasteiger partial charge is 0.311 e. The molecule has 0 aliphatic heterocycles. The predicted molar refractivity (Wildman–Crippen MR) is 101 cm³/mol. The molecule has 1 aromatic heterocycles. The molecule has 3 aromatic rings. The molecule has 2 aromatic carbocycles. The summed E-state index contributed by atoms with van der Waals surface area (Å²) in [6, 6.07) is 17.5. The molecule has 0 atom stereocenters. The van der Waals surface area contributed by atoms with Crippen molar-refractivity contribution in [2.75, 3.05) is 18.1 Å².